The number of hydrogen-bond acceptors (Lipinski definition) is 3. The maximum Gasteiger partial charge on any atom is 0.248 e. The van der Waals surface area contributed by atoms with E-state index in [1.165, 1.54) is 0 Å². The molecule has 0 bridgehead atoms. The lowest BCUT2D eigenvalue weighted by Gasteiger charge is -2.09. The third-order valence-corrected chi connectivity index (χ3v) is 3.49. The topological polar surface area (TPSA) is 68.0 Å². The summed E-state index contributed by atoms with van der Waals surface area (Å²) in [5.74, 6) is 0.256. The van der Waals surface area contributed by atoms with Gasteiger partial charge >= 0.3 is 0 Å². The third-order valence-electron chi connectivity index (χ3n) is 2.49. The van der Waals surface area contributed by atoms with Gasteiger partial charge in [0, 0.05) is 17.4 Å². The number of aromatic nitrogens is 1. The molecule has 0 spiro atoms. The number of carbonyl (C=O) groups is 1. The lowest BCUT2D eigenvalue weighted by Crippen LogP contribution is -2.10. The molecule has 2 rings (SSSR count). The first-order chi connectivity index (χ1) is 8.58. The van der Waals surface area contributed by atoms with Gasteiger partial charge in [0.2, 0.25) is 5.91 Å². The second kappa shape index (κ2) is 5.18. The van der Waals surface area contributed by atoms with Gasteiger partial charge in [-0.2, -0.15) is 0 Å². The Hall–Kier alpha value is -1.88. The number of benzene rings is 1. The molecule has 0 saturated heterocycles. The fourth-order valence-electron chi connectivity index (χ4n) is 1.51. The lowest BCUT2D eigenvalue weighted by atomic mass is 10.2. The van der Waals surface area contributed by atoms with E-state index in [0.717, 1.165) is 15.7 Å². The summed E-state index contributed by atoms with van der Waals surface area (Å²) in [5, 5.41) is 3.14. The van der Waals surface area contributed by atoms with Crippen LogP contribution in [-0.4, -0.2) is 10.9 Å². The van der Waals surface area contributed by atoms with Crippen LogP contribution in [0, 0.1) is 6.92 Å². The highest BCUT2D eigenvalue weighted by atomic mass is 79.9. The van der Waals surface area contributed by atoms with Gasteiger partial charge in [-0.15, -0.1) is 0 Å². The van der Waals surface area contributed by atoms with Crippen molar-refractivity contribution < 1.29 is 4.79 Å². The zero-order valence-corrected chi connectivity index (χ0v) is 11.4. The Balaban J connectivity index is 2.31. The predicted octanol–water partition coefficient (Wildman–Crippen LogP) is 3.00. The van der Waals surface area contributed by atoms with Gasteiger partial charge in [0.1, 0.15) is 5.82 Å². The van der Waals surface area contributed by atoms with Crippen molar-refractivity contribution in [2.75, 3.05) is 5.32 Å². The van der Waals surface area contributed by atoms with E-state index >= 15 is 0 Å². The molecular weight excluding hydrogens is 294 g/mol. The molecule has 1 aromatic heterocycles. The first kappa shape index (κ1) is 12.6. The molecule has 0 saturated carbocycles. The van der Waals surface area contributed by atoms with Crippen LogP contribution >= 0.6 is 15.9 Å². The van der Waals surface area contributed by atoms with Crippen molar-refractivity contribution in [3.8, 4) is 0 Å². The van der Waals surface area contributed by atoms with E-state index in [4.69, 9.17) is 5.73 Å². The van der Waals surface area contributed by atoms with Crippen LogP contribution in [-0.2, 0) is 0 Å². The Morgan fingerprint density at radius 3 is 2.89 bits per heavy atom. The molecule has 0 atom stereocenters. The maximum atomic E-state index is 11.1. The molecule has 0 fully saturated rings. The van der Waals surface area contributed by atoms with E-state index in [-0.39, 0.29) is 0 Å². The minimum absolute atomic E-state index is 0.449. The average molecular weight is 306 g/mol. The SMILES string of the molecule is Cc1ccnc(Nc2cccc(C(N)=O)c2)c1Br. The van der Waals surface area contributed by atoms with Crippen LogP contribution in [0.5, 0.6) is 0 Å². The molecule has 5 heteroatoms. The van der Waals surface area contributed by atoms with Gasteiger partial charge in [-0.1, -0.05) is 6.07 Å². The Labute approximate surface area is 113 Å². The van der Waals surface area contributed by atoms with Gasteiger partial charge in [0.05, 0.1) is 4.47 Å². The third kappa shape index (κ3) is 2.68. The molecule has 1 heterocycles. The number of primary amides is 1. The van der Waals surface area contributed by atoms with E-state index in [9.17, 15) is 4.79 Å². The number of aryl methyl sites for hydroxylation is 1. The molecule has 0 aliphatic heterocycles. The number of carbonyl (C=O) groups excluding carboxylic acids is 1. The molecule has 1 aromatic carbocycles. The number of anilines is 2. The Bertz CT molecular complexity index is 599. The molecule has 3 N–H and O–H groups in total. The minimum Gasteiger partial charge on any atom is -0.366 e. The second-order valence-corrected chi connectivity index (χ2v) is 4.65. The normalized spacial score (nSPS) is 10.1. The quantitative estimate of drug-likeness (QED) is 0.916. The second-order valence-electron chi connectivity index (χ2n) is 3.86. The van der Waals surface area contributed by atoms with Crippen LogP contribution in [0.4, 0.5) is 11.5 Å². The van der Waals surface area contributed by atoms with Crippen molar-refractivity contribution in [2.24, 2.45) is 5.73 Å². The minimum atomic E-state index is -0.449. The lowest BCUT2D eigenvalue weighted by molar-refractivity contribution is 0.100. The van der Waals surface area contributed by atoms with Crippen molar-refractivity contribution in [1.29, 1.82) is 0 Å². The van der Waals surface area contributed by atoms with Crippen molar-refractivity contribution in [3.05, 3.63) is 52.1 Å². The van der Waals surface area contributed by atoms with E-state index < -0.39 is 5.91 Å². The number of hydrogen-bond donors (Lipinski definition) is 2. The molecule has 18 heavy (non-hydrogen) atoms. The van der Waals surface area contributed by atoms with Crippen LogP contribution in [0.3, 0.4) is 0 Å². The fourth-order valence-corrected chi connectivity index (χ4v) is 1.85. The zero-order chi connectivity index (χ0) is 13.1. The first-order valence-electron chi connectivity index (χ1n) is 5.36. The van der Waals surface area contributed by atoms with Gasteiger partial charge < -0.3 is 11.1 Å². The zero-order valence-electron chi connectivity index (χ0n) is 9.77. The van der Waals surface area contributed by atoms with Crippen LogP contribution in [0.2, 0.25) is 0 Å². The number of amides is 1. The molecule has 0 aliphatic carbocycles. The number of nitrogens with two attached hydrogens (primary N) is 1. The highest BCUT2D eigenvalue weighted by Crippen LogP contribution is 2.26. The average Bonchev–Trinajstić information content (AvgIpc) is 2.35. The summed E-state index contributed by atoms with van der Waals surface area (Å²) in [5.41, 5.74) is 7.55. The summed E-state index contributed by atoms with van der Waals surface area (Å²) in [7, 11) is 0. The van der Waals surface area contributed by atoms with E-state index in [0.29, 0.717) is 11.4 Å². The molecular formula is C13H12BrN3O. The molecule has 0 aliphatic rings. The molecule has 0 radical (unpaired) electrons. The number of halogens is 1. The standard InChI is InChI=1S/C13H12BrN3O/c1-8-5-6-16-13(11(8)14)17-10-4-2-3-9(7-10)12(15)18/h2-7H,1H3,(H2,15,18)(H,16,17). The highest BCUT2D eigenvalue weighted by molar-refractivity contribution is 9.10. The Kier molecular flexibility index (Phi) is 3.62. The number of nitrogens with zero attached hydrogens (tertiary/aromatic N) is 1. The maximum absolute atomic E-state index is 11.1. The van der Waals surface area contributed by atoms with Gasteiger partial charge in [0.25, 0.3) is 0 Å². The molecule has 4 nitrogen and oxygen atoms in total. The van der Waals surface area contributed by atoms with Gasteiger partial charge in [0.15, 0.2) is 0 Å². The van der Waals surface area contributed by atoms with Crippen LogP contribution in [0.1, 0.15) is 15.9 Å². The van der Waals surface area contributed by atoms with Crippen LogP contribution in [0.15, 0.2) is 41.0 Å². The first-order valence-corrected chi connectivity index (χ1v) is 6.15. The summed E-state index contributed by atoms with van der Waals surface area (Å²) in [6, 6.07) is 8.90. The van der Waals surface area contributed by atoms with Crippen molar-refractivity contribution in [1.82, 2.24) is 4.98 Å². The summed E-state index contributed by atoms with van der Waals surface area (Å²) in [6.07, 6.45) is 1.72. The Morgan fingerprint density at radius 2 is 2.17 bits per heavy atom. The predicted molar refractivity (Wildman–Crippen MR) is 74.9 cm³/mol. The summed E-state index contributed by atoms with van der Waals surface area (Å²) in [4.78, 5) is 15.3. The van der Waals surface area contributed by atoms with E-state index in [1.54, 1.807) is 24.4 Å². The van der Waals surface area contributed by atoms with Gasteiger partial charge in [-0.25, -0.2) is 4.98 Å². The smallest absolute Gasteiger partial charge is 0.248 e. The van der Waals surface area contributed by atoms with Crippen molar-refractivity contribution >= 4 is 33.3 Å². The Morgan fingerprint density at radius 1 is 1.39 bits per heavy atom. The summed E-state index contributed by atoms with van der Waals surface area (Å²) >= 11 is 3.47. The number of nitrogens with one attached hydrogen (secondary N) is 1. The fraction of sp³-hybridized carbons (Fsp3) is 0.0769. The molecule has 0 unspecified atom stereocenters. The summed E-state index contributed by atoms with van der Waals surface area (Å²) in [6.45, 7) is 1.98. The highest BCUT2D eigenvalue weighted by Gasteiger charge is 2.06. The van der Waals surface area contributed by atoms with Crippen LogP contribution < -0.4 is 11.1 Å². The van der Waals surface area contributed by atoms with E-state index in [1.807, 2.05) is 19.1 Å². The molecule has 92 valence electrons. The largest absolute Gasteiger partial charge is 0.366 e. The van der Waals surface area contributed by atoms with Gasteiger partial charge in [-0.3, -0.25) is 4.79 Å². The number of rotatable bonds is 3. The van der Waals surface area contributed by atoms with Crippen molar-refractivity contribution in [2.45, 2.75) is 6.92 Å². The van der Waals surface area contributed by atoms with E-state index in [2.05, 4.69) is 26.2 Å². The van der Waals surface area contributed by atoms with Gasteiger partial charge in [-0.05, 0) is 52.7 Å². The molecule has 1 amide bonds. The van der Waals surface area contributed by atoms with Crippen LogP contribution in [0.25, 0.3) is 0 Å². The molecule has 2 aromatic rings. The number of pyridine rings is 1. The monoisotopic (exact) mass is 305 g/mol. The summed E-state index contributed by atoms with van der Waals surface area (Å²) < 4.78 is 0.898. The van der Waals surface area contributed by atoms with Crippen molar-refractivity contribution in [3.63, 3.8) is 0 Å².